The third-order valence-electron chi connectivity index (χ3n) is 3.67. The van der Waals surface area contributed by atoms with Gasteiger partial charge in [0.1, 0.15) is 22.9 Å². The Labute approximate surface area is 135 Å². The minimum absolute atomic E-state index is 0.147. The molecule has 7 heteroatoms. The first kappa shape index (κ1) is 15.6. The van der Waals surface area contributed by atoms with Crippen LogP contribution >= 0.6 is 0 Å². The maximum absolute atomic E-state index is 13.1. The molecule has 0 amide bonds. The third-order valence-corrected chi connectivity index (χ3v) is 5.50. The number of aryl methyl sites for hydroxylation is 2. The molecule has 0 unspecified atom stereocenters. The van der Waals surface area contributed by atoms with Gasteiger partial charge in [0, 0.05) is 5.69 Å². The Hall–Kier alpha value is -2.28. The minimum atomic E-state index is -3.77. The molecule has 0 saturated carbocycles. The Kier molecular flexibility index (Phi) is 3.89. The minimum Gasteiger partial charge on any atom is -0.495 e. The molecule has 2 heterocycles. The fraction of sp³-hybridized carbons (Fsp3) is 0.312. The van der Waals surface area contributed by atoms with Crippen LogP contribution in [-0.2, 0) is 10.0 Å². The van der Waals surface area contributed by atoms with Crippen LogP contribution in [0.2, 0.25) is 0 Å². The summed E-state index contributed by atoms with van der Waals surface area (Å²) >= 11 is 0. The predicted octanol–water partition coefficient (Wildman–Crippen LogP) is 2.29. The van der Waals surface area contributed by atoms with Gasteiger partial charge in [0.2, 0.25) is 5.88 Å². The number of pyridine rings is 1. The van der Waals surface area contributed by atoms with Crippen molar-refractivity contribution >= 4 is 15.7 Å². The zero-order valence-corrected chi connectivity index (χ0v) is 14.1. The molecule has 1 aromatic heterocycles. The maximum Gasteiger partial charge on any atom is 0.268 e. The smallest absolute Gasteiger partial charge is 0.268 e. The van der Waals surface area contributed by atoms with Gasteiger partial charge in [-0.25, -0.2) is 13.4 Å². The van der Waals surface area contributed by atoms with E-state index in [1.54, 1.807) is 24.3 Å². The summed E-state index contributed by atoms with van der Waals surface area (Å²) in [5, 5.41) is 0. The second kappa shape index (κ2) is 5.73. The van der Waals surface area contributed by atoms with E-state index in [1.807, 2.05) is 19.9 Å². The highest BCUT2D eigenvalue weighted by molar-refractivity contribution is 7.93. The Balaban J connectivity index is 2.14. The standard InChI is InChI=1S/C16H18N2O4S/c1-11-4-7-14(21-3)15(10-11)23(19,20)18-8-9-22-16-13(18)6-5-12(2)17-16/h4-7,10H,8-9H2,1-3H3. The number of ether oxygens (including phenoxy) is 2. The average Bonchev–Trinajstić information content (AvgIpc) is 2.53. The molecule has 0 aliphatic carbocycles. The summed E-state index contributed by atoms with van der Waals surface area (Å²) in [7, 11) is -2.31. The van der Waals surface area contributed by atoms with Crippen molar-refractivity contribution in [1.29, 1.82) is 0 Å². The third kappa shape index (κ3) is 2.72. The van der Waals surface area contributed by atoms with Crippen molar-refractivity contribution in [1.82, 2.24) is 4.98 Å². The molecule has 1 aromatic carbocycles. The van der Waals surface area contributed by atoms with Crippen LogP contribution in [0, 0.1) is 13.8 Å². The van der Waals surface area contributed by atoms with Gasteiger partial charge in [-0.3, -0.25) is 4.31 Å². The van der Waals surface area contributed by atoms with Crippen molar-refractivity contribution in [2.45, 2.75) is 18.7 Å². The van der Waals surface area contributed by atoms with E-state index in [-0.39, 0.29) is 18.0 Å². The molecule has 0 fully saturated rings. The lowest BCUT2D eigenvalue weighted by molar-refractivity contribution is 0.302. The number of hydrogen-bond acceptors (Lipinski definition) is 5. The predicted molar refractivity (Wildman–Crippen MR) is 86.7 cm³/mol. The summed E-state index contributed by atoms with van der Waals surface area (Å²) in [4.78, 5) is 4.42. The Morgan fingerprint density at radius 1 is 1.22 bits per heavy atom. The van der Waals surface area contributed by atoms with Crippen molar-refractivity contribution in [3.8, 4) is 11.6 Å². The first-order valence-electron chi connectivity index (χ1n) is 7.21. The number of fused-ring (bicyclic) bond motifs is 1. The van der Waals surface area contributed by atoms with Gasteiger partial charge in [0.05, 0.1) is 13.7 Å². The number of sulfonamides is 1. The second-order valence-electron chi connectivity index (χ2n) is 5.36. The van der Waals surface area contributed by atoms with Gasteiger partial charge in [-0.05, 0) is 43.7 Å². The number of rotatable bonds is 3. The van der Waals surface area contributed by atoms with Crippen LogP contribution in [0.4, 0.5) is 5.69 Å². The zero-order chi connectivity index (χ0) is 16.6. The molecule has 0 atom stereocenters. The summed E-state index contributed by atoms with van der Waals surface area (Å²) in [5.41, 5.74) is 2.07. The lowest BCUT2D eigenvalue weighted by Gasteiger charge is -2.30. The first-order valence-corrected chi connectivity index (χ1v) is 8.65. The van der Waals surface area contributed by atoms with E-state index in [9.17, 15) is 8.42 Å². The number of methoxy groups -OCH3 is 1. The van der Waals surface area contributed by atoms with Gasteiger partial charge in [-0.2, -0.15) is 0 Å². The zero-order valence-electron chi connectivity index (χ0n) is 13.2. The van der Waals surface area contributed by atoms with E-state index in [0.29, 0.717) is 17.3 Å². The van der Waals surface area contributed by atoms with Gasteiger partial charge in [-0.1, -0.05) is 6.07 Å². The number of anilines is 1. The van der Waals surface area contributed by atoms with Crippen LogP contribution in [0.1, 0.15) is 11.3 Å². The van der Waals surface area contributed by atoms with Crippen molar-refractivity contribution in [3.05, 3.63) is 41.6 Å². The number of hydrogen-bond donors (Lipinski definition) is 0. The quantitative estimate of drug-likeness (QED) is 0.861. The first-order chi connectivity index (χ1) is 10.9. The maximum atomic E-state index is 13.1. The fourth-order valence-corrected chi connectivity index (χ4v) is 4.21. The highest BCUT2D eigenvalue weighted by Crippen LogP contribution is 2.36. The van der Waals surface area contributed by atoms with Crippen LogP contribution in [0.5, 0.6) is 11.6 Å². The molecule has 0 radical (unpaired) electrons. The van der Waals surface area contributed by atoms with Crippen molar-refractivity contribution in [2.24, 2.45) is 0 Å². The van der Waals surface area contributed by atoms with E-state index in [0.717, 1.165) is 11.3 Å². The SMILES string of the molecule is COc1ccc(C)cc1S(=O)(=O)N1CCOc2nc(C)ccc21. The van der Waals surface area contributed by atoms with Crippen LogP contribution in [-0.4, -0.2) is 33.7 Å². The van der Waals surface area contributed by atoms with E-state index in [1.165, 1.54) is 11.4 Å². The molecular weight excluding hydrogens is 316 g/mol. The summed E-state index contributed by atoms with van der Waals surface area (Å²) < 4.78 is 38.3. The molecule has 0 N–H and O–H groups in total. The lowest BCUT2D eigenvalue weighted by atomic mass is 10.2. The summed E-state index contributed by atoms with van der Waals surface area (Å²) in [6.45, 7) is 4.17. The van der Waals surface area contributed by atoms with Gasteiger partial charge in [0.15, 0.2) is 0 Å². The summed E-state index contributed by atoms with van der Waals surface area (Å²) in [6.07, 6.45) is 0. The molecule has 3 rings (SSSR count). The van der Waals surface area contributed by atoms with Gasteiger partial charge in [-0.15, -0.1) is 0 Å². The van der Waals surface area contributed by atoms with Crippen molar-refractivity contribution in [2.75, 3.05) is 24.6 Å². The molecule has 1 aliphatic rings. The van der Waals surface area contributed by atoms with Crippen molar-refractivity contribution < 1.29 is 17.9 Å². The topological polar surface area (TPSA) is 68.7 Å². The van der Waals surface area contributed by atoms with E-state index in [4.69, 9.17) is 9.47 Å². The van der Waals surface area contributed by atoms with Crippen molar-refractivity contribution in [3.63, 3.8) is 0 Å². The number of aromatic nitrogens is 1. The Morgan fingerprint density at radius 2 is 2.00 bits per heavy atom. The molecule has 0 bridgehead atoms. The van der Waals surface area contributed by atoms with E-state index < -0.39 is 10.0 Å². The molecule has 1 aliphatic heterocycles. The molecule has 0 saturated heterocycles. The van der Waals surface area contributed by atoms with Gasteiger partial charge >= 0.3 is 0 Å². The largest absolute Gasteiger partial charge is 0.495 e. The van der Waals surface area contributed by atoms with E-state index >= 15 is 0 Å². The van der Waals surface area contributed by atoms with Gasteiger partial charge < -0.3 is 9.47 Å². The fourth-order valence-electron chi connectivity index (χ4n) is 2.52. The highest BCUT2D eigenvalue weighted by atomic mass is 32.2. The van der Waals surface area contributed by atoms with Gasteiger partial charge in [0.25, 0.3) is 10.0 Å². The number of nitrogens with zero attached hydrogens (tertiary/aromatic N) is 2. The molecule has 6 nitrogen and oxygen atoms in total. The Morgan fingerprint density at radius 3 is 2.74 bits per heavy atom. The molecule has 2 aromatic rings. The van der Waals surface area contributed by atoms with Crippen LogP contribution < -0.4 is 13.8 Å². The van der Waals surface area contributed by atoms with Crippen LogP contribution in [0.25, 0.3) is 0 Å². The lowest BCUT2D eigenvalue weighted by Crippen LogP contribution is -2.38. The van der Waals surface area contributed by atoms with E-state index in [2.05, 4.69) is 4.98 Å². The molecule has 23 heavy (non-hydrogen) atoms. The summed E-state index contributed by atoms with van der Waals surface area (Å²) in [5.74, 6) is 0.662. The van der Waals surface area contributed by atoms with Crippen LogP contribution in [0.3, 0.4) is 0 Å². The molecular formula is C16H18N2O4S. The monoisotopic (exact) mass is 334 g/mol. The average molecular weight is 334 g/mol. The molecule has 122 valence electrons. The summed E-state index contributed by atoms with van der Waals surface area (Å²) in [6, 6.07) is 8.58. The molecule has 0 spiro atoms. The second-order valence-corrected chi connectivity index (χ2v) is 7.19. The normalized spacial score (nSPS) is 14.1. The Bertz CT molecular complexity index is 849. The number of benzene rings is 1. The highest BCUT2D eigenvalue weighted by Gasteiger charge is 2.33. The van der Waals surface area contributed by atoms with Crippen LogP contribution in [0.15, 0.2) is 35.2 Å².